The van der Waals surface area contributed by atoms with Gasteiger partial charge in [-0.2, -0.15) is 10.2 Å². The number of nitrogens with zero attached hydrogens (tertiary/aromatic N) is 6. The van der Waals surface area contributed by atoms with Crippen molar-refractivity contribution in [3.05, 3.63) is 67.8 Å². The fourth-order valence-electron chi connectivity index (χ4n) is 2.99. The maximum atomic E-state index is 10.6. The fraction of sp³-hybridized carbons (Fsp3) is 0.333. The summed E-state index contributed by atoms with van der Waals surface area (Å²) in [5.41, 5.74) is 5.57. The largest absolute Gasteiger partial charge is 2.00 e. The fourth-order valence-corrected chi connectivity index (χ4v) is 3.62. The molecule has 2 aromatic carbocycles. The number of nitro groups is 2. The van der Waals surface area contributed by atoms with Gasteiger partial charge in [-0.1, -0.05) is 0 Å². The zero-order chi connectivity index (χ0) is 30.2. The van der Waals surface area contributed by atoms with Crippen molar-refractivity contribution in [1.82, 2.24) is 20.7 Å². The van der Waals surface area contributed by atoms with Crippen LogP contribution in [0.3, 0.4) is 0 Å². The summed E-state index contributed by atoms with van der Waals surface area (Å²) in [6, 6.07) is 7.42. The molecule has 0 aliphatic rings. The molecule has 0 saturated heterocycles. The number of non-ortho nitro benzene ring substituents is 2. The summed E-state index contributed by atoms with van der Waals surface area (Å²) in [4.78, 5) is 24.0. The van der Waals surface area contributed by atoms with Crippen LogP contribution >= 0.6 is 24.4 Å². The van der Waals surface area contributed by atoms with Crippen molar-refractivity contribution in [1.29, 1.82) is 0 Å². The zero-order valence-electron chi connectivity index (χ0n) is 23.1. The van der Waals surface area contributed by atoms with Crippen molar-refractivity contribution in [3.8, 4) is 11.5 Å². The SMILES string of the molecule is CCN(CC)C(=S)N/N=C/c1cc([N+](=O)[O-])ccc1O.CCN(CC)C(=S)N/N=C/c1cc([N+](=O)[O-])ccc1O.[Cu+2].[Cu]. The van der Waals surface area contributed by atoms with Gasteiger partial charge in [-0.05, 0) is 64.3 Å². The third-order valence-electron chi connectivity index (χ3n) is 5.27. The zero-order valence-corrected chi connectivity index (χ0v) is 26.6. The topological polar surface area (TPSA) is 182 Å². The van der Waals surface area contributed by atoms with E-state index in [0.717, 1.165) is 26.2 Å². The van der Waals surface area contributed by atoms with Crippen molar-refractivity contribution in [3.63, 3.8) is 0 Å². The Kier molecular flexibility index (Phi) is 20.7. The van der Waals surface area contributed by atoms with E-state index >= 15 is 0 Å². The number of hydrogen-bond acceptors (Lipinski definition) is 10. The number of hydrazone groups is 2. The predicted molar refractivity (Wildman–Crippen MR) is 162 cm³/mol. The van der Waals surface area contributed by atoms with Crippen molar-refractivity contribution >= 4 is 58.5 Å². The van der Waals surface area contributed by atoms with Crippen LogP contribution in [-0.2, 0) is 34.1 Å². The summed E-state index contributed by atoms with van der Waals surface area (Å²) in [7, 11) is 0. The number of rotatable bonds is 10. The second-order valence-corrected chi connectivity index (χ2v) is 8.47. The molecule has 18 heteroatoms. The van der Waals surface area contributed by atoms with E-state index in [2.05, 4.69) is 21.1 Å². The van der Waals surface area contributed by atoms with Crippen molar-refractivity contribution in [2.45, 2.75) is 27.7 Å². The van der Waals surface area contributed by atoms with Gasteiger partial charge in [-0.3, -0.25) is 31.1 Å². The Hall–Kier alpha value is -3.40. The van der Waals surface area contributed by atoms with Crippen molar-refractivity contribution in [2.24, 2.45) is 10.2 Å². The number of thiocarbonyl (C=S) groups is 2. The summed E-state index contributed by atoms with van der Waals surface area (Å²) in [5, 5.41) is 49.2. The van der Waals surface area contributed by atoms with Crippen LogP contribution in [0.5, 0.6) is 11.5 Å². The molecule has 4 N–H and O–H groups in total. The number of phenolic OH excluding ortho intramolecular Hbond substituents is 2. The minimum absolute atomic E-state index is 0. The molecule has 0 heterocycles. The molecule has 0 bridgehead atoms. The Labute approximate surface area is 275 Å². The number of aromatic hydroxyl groups is 2. The van der Waals surface area contributed by atoms with E-state index < -0.39 is 9.85 Å². The number of nitro benzene ring substituents is 2. The predicted octanol–water partition coefficient (Wildman–Crippen LogP) is 3.70. The first-order valence-electron chi connectivity index (χ1n) is 12.1. The molecule has 2 radical (unpaired) electrons. The number of benzene rings is 2. The molecule has 2 rings (SSSR count). The average molecular weight is 720 g/mol. The molecule has 0 fully saturated rings. The van der Waals surface area contributed by atoms with Gasteiger partial charge >= 0.3 is 17.1 Å². The minimum atomic E-state index is -0.537. The molecule has 42 heavy (non-hydrogen) atoms. The minimum Gasteiger partial charge on any atom is -0.507 e. The maximum Gasteiger partial charge on any atom is 2.00 e. The van der Waals surface area contributed by atoms with Crippen molar-refractivity contribution in [2.75, 3.05) is 26.2 Å². The summed E-state index contributed by atoms with van der Waals surface area (Å²) in [6.07, 6.45) is 2.58. The molecule has 0 aromatic heterocycles. The second kappa shape index (κ2) is 21.3. The van der Waals surface area contributed by atoms with Crippen LogP contribution in [0.15, 0.2) is 46.6 Å². The van der Waals surface area contributed by atoms with E-state index in [1.54, 1.807) is 0 Å². The Balaban J connectivity index is 0. The molecule has 0 aliphatic carbocycles. The molecule has 0 atom stereocenters. The van der Waals surface area contributed by atoms with Gasteiger partial charge in [0.05, 0.1) is 22.3 Å². The molecule has 0 spiro atoms. The van der Waals surface area contributed by atoms with Crippen LogP contribution in [-0.4, -0.2) is 78.7 Å². The second-order valence-electron chi connectivity index (χ2n) is 7.70. The molecule has 0 unspecified atom stereocenters. The third-order valence-corrected chi connectivity index (χ3v) is 5.97. The molecular weight excluding hydrogens is 688 g/mol. The van der Waals surface area contributed by atoms with Gasteiger partial charge in [0, 0.05) is 78.6 Å². The van der Waals surface area contributed by atoms with Crippen LogP contribution in [0, 0.1) is 20.2 Å². The van der Waals surface area contributed by atoms with Gasteiger partial charge in [0.1, 0.15) is 11.5 Å². The van der Waals surface area contributed by atoms with E-state index in [-0.39, 0.29) is 68.1 Å². The first kappa shape index (κ1) is 40.7. The normalized spacial score (nSPS) is 10.0. The van der Waals surface area contributed by atoms with Gasteiger partial charge in [-0.15, -0.1) is 0 Å². The Morgan fingerprint density at radius 2 is 1.10 bits per heavy atom. The Bertz CT molecular complexity index is 1170. The number of phenols is 2. The van der Waals surface area contributed by atoms with Crippen LogP contribution in [0.25, 0.3) is 0 Å². The first-order chi connectivity index (χ1) is 19.0. The maximum absolute atomic E-state index is 10.6. The standard InChI is InChI=1S/2C12H16N4O3S.2Cu/c2*1-3-15(4-2)12(20)14-13-8-9-7-10(16(18)19)5-6-11(9)17;;/h2*5-8,17H,3-4H2,1-2H3,(H,14,20);;/q;;;+2/b2*13-8+;;. The van der Waals surface area contributed by atoms with Crippen LogP contribution in [0.2, 0.25) is 0 Å². The van der Waals surface area contributed by atoms with E-state index in [9.17, 15) is 30.4 Å². The van der Waals surface area contributed by atoms with Gasteiger partial charge in [0.2, 0.25) is 0 Å². The summed E-state index contributed by atoms with van der Waals surface area (Å²) < 4.78 is 0. The smallest absolute Gasteiger partial charge is 0.507 e. The van der Waals surface area contributed by atoms with Crippen molar-refractivity contribution < 1.29 is 54.2 Å². The monoisotopic (exact) mass is 718 g/mol. The van der Waals surface area contributed by atoms with Gasteiger partial charge in [0.25, 0.3) is 11.4 Å². The number of hydrogen-bond donors (Lipinski definition) is 4. The quantitative estimate of drug-likeness (QED) is 0.0921. The molecule has 0 saturated carbocycles. The molecule has 14 nitrogen and oxygen atoms in total. The van der Waals surface area contributed by atoms with E-state index in [1.807, 2.05) is 37.5 Å². The molecular formula is C24H32Cu2N8O6S2+2. The average Bonchev–Trinajstić information content (AvgIpc) is 2.92. The summed E-state index contributed by atoms with van der Waals surface area (Å²) in [6.45, 7) is 10.9. The molecule has 2 aromatic rings. The molecule has 236 valence electrons. The summed E-state index contributed by atoms with van der Waals surface area (Å²) in [5.74, 6) is -0.176. The third kappa shape index (κ3) is 13.5. The Morgan fingerprint density at radius 1 is 0.786 bits per heavy atom. The van der Waals surface area contributed by atoms with Gasteiger partial charge < -0.3 is 20.0 Å². The summed E-state index contributed by atoms with van der Waals surface area (Å²) >= 11 is 10.2. The van der Waals surface area contributed by atoms with Crippen LogP contribution in [0.4, 0.5) is 11.4 Å². The van der Waals surface area contributed by atoms with Crippen LogP contribution in [0.1, 0.15) is 38.8 Å². The Morgan fingerprint density at radius 3 is 1.36 bits per heavy atom. The first-order valence-corrected chi connectivity index (χ1v) is 12.9. The van der Waals surface area contributed by atoms with Crippen LogP contribution < -0.4 is 10.9 Å². The van der Waals surface area contributed by atoms with E-state index in [0.29, 0.717) is 10.2 Å². The van der Waals surface area contributed by atoms with Gasteiger partial charge in [-0.25, -0.2) is 0 Å². The van der Waals surface area contributed by atoms with E-state index in [4.69, 9.17) is 24.4 Å². The molecule has 0 amide bonds. The van der Waals surface area contributed by atoms with E-state index in [1.165, 1.54) is 48.8 Å². The number of nitrogens with one attached hydrogen (secondary N) is 2. The molecule has 0 aliphatic heterocycles. The van der Waals surface area contributed by atoms with Gasteiger partial charge in [0.15, 0.2) is 10.2 Å².